The highest BCUT2D eigenvalue weighted by molar-refractivity contribution is 9.10. The van der Waals surface area contributed by atoms with E-state index >= 15 is 0 Å². The minimum Gasteiger partial charge on any atom is -0.508 e. The third kappa shape index (κ3) is 2.94. The third-order valence-electron chi connectivity index (χ3n) is 2.54. The molecule has 0 bridgehead atoms. The number of amides is 1. The smallest absolute Gasteiger partial charge is 0.282 e. The summed E-state index contributed by atoms with van der Waals surface area (Å²) in [7, 11) is 0. The molecular formula is C13H9BrN2O4. The van der Waals surface area contributed by atoms with E-state index in [4.69, 9.17) is 0 Å². The number of phenolic OH excluding ortho intramolecular Hbond substituents is 1. The molecule has 0 unspecified atom stereocenters. The van der Waals surface area contributed by atoms with Crippen LogP contribution in [0.2, 0.25) is 0 Å². The van der Waals surface area contributed by atoms with E-state index in [-0.39, 0.29) is 17.0 Å². The van der Waals surface area contributed by atoms with E-state index in [1.54, 1.807) is 24.3 Å². The van der Waals surface area contributed by atoms with Crippen molar-refractivity contribution in [2.24, 2.45) is 0 Å². The van der Waals surface area contributed by atoms with E-state index in [0.717, 1.165) is 18.2 Å². The molecule has 0 saturated carbocycles. The monoisotopic (exact) mass is 336 g/mol. The van der Waals surface area contributed by atoms with E-state index in [1.165, 1.54) is 0 Å². The van der Waals surface area contributed by atoms with Crippen LogP contribution in [0.4, 0.5) is 11.4 Å². The van der Waals surface area contributed by atoms with Crippen LogP contribution >= 0.6 is 15.9 Å². The van der Waals surface area contributed by atoms with Gasteiger partial charge in [0.15, 0.2) is 0 Å². The van der Waals surface area contributed by atoms with Crippen molar-refractivity contribution in [1.29, 1.82) is 0 Å². The molecule has 0 fully saturated rings. The van der Waals surface area contributed by atoms with E-state index in [1.807, 2.05) is 0 Å². The Kier molecular flexibility index (Phi) is 3.99. The van der Waals surface area contributed by atoms with Crippen LogP contribution < -0.4 is 5.32 Å². The van der Waals surface area contributed by atoms with Crippen molar-refractivity contribution in [1.82, 2.24) is 0 Å². The van der Waals surface area contributed by atoms with Crippen LogP contribution in [0.15, 0.2) is 46.9 Å². The fourth-order valence-electron chi connectivity index (χ4n) is 1.62. The molecule has 6 nitrogen and oxygen atoms in total. The van der Waals surface area contributed by atoms with Gasteiger partial charge in [0.05, 0.1) is 10.6 Å². The van der Waals surface area contributed by atoms with Crippen molar-refractivity contribution in [2.75, 3.05) is 5.32 Å². The first-order valence-corrected chi connectivity index (χ1v) is 6.31. The molecule has 102 valence electrons. The summed E-state index contributed by atoms with van der Waals surface area (Å²) in [5.41, 5.74) is -0.0896. The second kappa shape index (κ2) is 5.70. The molecule has 2 aromatic carbocycles. The second-order valence-electron chi connectivity index (χ2n) is 3.89. The minimum absolute atomic E-state index is 0.203. The van der Waals surface area contributed by atoms with Crippen LogP contribution in [0, 0.1) is 10.1 Å². The zero-order valence-electron chi connectivity index (χ0n) is 10.0. The summed E-state index contributed by atoms with van der Waals surface area (Å²) in [5, 5.41) is 22.8. The number of nitrogens with zero attached hydrogens (tertiary/aromatic N) is 1. The number of rotatable bonds is 3. The van der Waals surface area contributed by atoms with Crippen LogP contribution in [0.5, 0.6) is 5.75 Å². The molecule has 0 saturated heterocycles. The lowest BCUT2D eigenvalue weighted by Crippen LogP contribution is -2.14. The molecule has 1 amide bonds. The average molecular weight is 337 g/mol. The van der Waals surface area contributed by atoms with E-state index in [9.17, 15) is 20.0 Å². The van der Waals surface area contributed by atoms with Crippen molar-refractivity contribution in [3.05, 3.63) is 62.6 Å². The molecule has 0 aromatic heterocycles. The van der Waals surface area contributed by atoms with Crippen molar-refractivity contribution in [3.63, 3.8) is 0 Å². The van der Waals surface area contributed by atoms with Gasteiger partial charge in [-0.05, 0) is 40.2 Å². The van der Waals surface area contributed by atoms with Gasteiger partial charge in [-0.2, -0.15) is 0 Å². The molecule has 7 heteroatoms. The van der Waals surface area contributed by atoms with Crippen LogP contribution in [-0.2, 0) is 0 Å². The Hall–Kier alpha value is -2.41. The van der Waals surface area contributed by atoms with Gasteiger partial charge in [0.2, 0.25) is 0 Å². The third-order valence-corrected chi connectivity index (χ3v) is 3.24. The fourth-order valence-corrected chi connectivity index (χ4v) is 2.00. The number of aromatic hydroxyl groups is 1. The topological polar surface area (TPSA) is 92.5 Å². The normalized spacial score (nSPS) is 10.1. The lowest BCUT2D eigenvalue weighted by molar-refractivity contribution is -0.385. The van der Waals surface area contributed by atoms with Crippen LogP contribution in [0.3, 0.4) is 0 Å². The Morgan fingerprint density at radius 3 is 2.60 bits per heavy atom. The Morgan fingerprint density at radius 2 is 1.95 bits per heavy atom. The largest absolute Gasteiger partial charge is 0.508 e. The highest BCUT2D eigenvalue weighted by Crippen LogP contribution is 2.26. The quantitative estimate of drug-likeness (QED) is 0.664. The molecule has 20 heavy (non-hydrogen) atoms. The number of para-hydroxylation sites is 1. The first-order chi connectivity index (χ1) is 9.49. The van der Waals surface area contributed by atoms with Crippen LogP contribution in [0.1, 0.15) is 10.4 Å². The number of halogens is 1. The number of benzene rings is 2. The molecule has 0 aliphatic carbocycles. The Balaban J connectivity index is 2.37. The summed E-state index contributed by atoms with van der Waals surface area (Å²) in [4.78, 5) is 22.3. The van der Waals surface area contributed by atoms with Gasteiger partial charge in [0.25, 0.3) is 11.6 Å². The number of hydrogen-bond donors (Lipinski definition) is 2. The van der Waals surface area contributed by atoms with Gasteiger partial charge in [-0.3, -0.25) is 14.9 Å². The van der Waals surface area contributed by atoms with Gasteiger partial charge in [-0.15, -0.1) is 0 Å². The van der Waals surface area contributed by atoms with E-state index < -0.39 is 10.8 Å². The molecule has 2 aromatic rings. The maximum absolute atomic E-state index is 12.1. The Labute approximate surface area is 122 Å². The molecule has 0 heterocycles. The predicted octanol–water partition coefficient (Wildman–Crippen LogP) is 3.32. The van der Waals surface area contributed by atoms with Gasteiger partial charge in [-0.25, -0.2) is 0 Å². The van der Waals surface area contributed by atoms with Crippen molar-refractivity contribution in [3.8, 4) is 5.75 Å². The standard InChI is InChI=1S/C13H9BrN2O4/c14-10-3-1-2-4-11(10)15-13(18)9-7-8(17)5-6-12(9)16(19)20/h1-7,17H,(H,15,18). The summed E-state index contributed by atoms with van der Waals surface area (Å²) in [6, 6.07) is 10.2. The number of nitro groups is 1. The van der Waals surface area contributed by atoms with Crippen molar-refractivity contribution >= 4 is 33.2 Å². The molecule has 0 aliphatic rings. The number of nitro benzene ring substituents is 1. The average Bonchev–Trinajstić information content (AvgIpc) is 2.40. The second-order valence-corrected chi connectivity index (χ2v) is 4.75. The maximum atomic E-state index is 12.1. The summed E-state index contributed by atoms with van der Waals surface area (Å²) in [6.07, 6.45) is 0. The predicted molar refractivity (Wildman–Crippen MR) is 76.9 cm³/mol. The lowest BCUT2D eigenvalue weighted by atomic mass is 10.1. The number of carbonyl (C=O) groups is 1. The number of anilines is 1. The van der Waals surface area contributed by atoms with Crippen LogP contribution in [0.25, 0.3) is 0 Å². The molecule has 0 atom stereocenters. The minimum atomic E-state index is -0.672. The van der Waals surface area contributed by atoms with Gasteiger partial charge >= 0.3 is 0 Å². The van der Waals surface area contributed by atoms with E-state index in [0.29, 0.717) is 10.2 Å². The number of carbonyl (C=O) groups excluding carboxylic acids is 1. The Bertz CT molecular complexity index is 688. The summed E-state index contributed by atoms with van der Waals surface area (Å²) in [5.74, 6) is -0.882. The van der Waals surface area contributed by atoms with Gasteiger partial charge < -0.3 is 10.4 Å². The van der Waals surface area contributed by atoms with Crippen LogP contribution in [-0.4, -0.2) is 15.9 Å². The van der Waals surface area contributed by atoms with Crippen molar-refractivity contribution in [2.45, 2.75) is 0 Å². The number of hydrogen-bond acceptors (Lipinski definition) is 4. The SMILES string of the molecule is O=C(Nc1ccccc1Br)c1cc(O)ccc1[N+](=O)[O-]. The molecule has 0 radical (unpaired) electrons. The highest BCUT2D eigenvalue weighted by atomic mass is 79.9. The number of nitrogens with one attached hydrogen (secondary N) is 1. The summed E-state index contributed by atoms with van der Waals surface area (Å²) in [6.45, 7) is 0. The number of phenols is 1. The van der Waals surface area contributed by atoms with Gasteiger partial charge in [-0.1, -0.05) is 12.1 Å². The lowest BCUT2D eigenvalue weighted by Gasteiger charge is -2.07. The molecule has 0 aliphatic heterocycles. The summed E-state index contributed by atoms with van der Waals surface area (Å²) < 4.78 is 0.649. The summed E-state index contributed by atoms with van der Waals surface area (Å²) >= 11 is 3.26. The molecule has 2 rings (SSSR count). The zero-order chi connectivity index (χ0) is 14.7. The molecule has 2 N–H and O–H groups in total. The van der Waals surface area contributed by atoms with Gasteiger partial charge in [0.1, 0.15) is 11.3 Å². The molecular weight excluding hydrogens is 328 g/mol. The maximum Gasteiger partial charge on any atom is 0.282 e. The highest BCUT2D eigenvalue weighted by Gasteiger charge is 2.21. The molecule has 0 spiro atoms. The fraction of sp³-hybridized carbons (Fsp3) is 0. The van der Waals surface area contributed by atoms with Crippen molar-refractivity contribution < 1.29 is 14.8 Å². The van der Waals surface area contributed by atoms with E-state index in [2.05, 4.69) is 21.2 Å². The first kappa shape index (κ1) is 14.0. The zero-order valence-corrected chi connectivity index (χ0v) is 11.6. The first-order valence-electron chi connectivity index (χ1n) is 5.52. The Morgan fingerprint density at radius 1 is 1.25 bits per heavy atom. The van der Waals surface area contributed by atoms with Gasteiger partial charge in [0, 0.05) is 10.5 Å².